The van der Waals surface area contributed by atoms with Crippen molar-refractivity contribution in [2.45, 2.75) is 210 Å². The quantitative estimate of drug-likeness (QED) is 0.169. The van der Waals surface area contributed by atoms with Crippen LogP contribution in [0.15, 0.2) is 41.4 Å². The third-order valence-electron chi connectivity index (χ3n) is 19.1. The molecule has 8 atom stereocenters. The first-order chi connectivity index (χ1) is 33.0. The summed E-state index contributed by atoms with van der Waals surface area (Å²) in [6.45, 7) is 2.92. The Morgan fingerprint density at radius 1 is 0.882 bits per heavy atom. The van der Waals surface area contributed by atoms with Crippen molar-refractivity contribution in [1.82, 2.24) is 10.2 Å². The van der Waals surface area contributed by atoms with Crippen LogP contribution in [0.5, 0.6) is 11.5 Å². The molecule has 4 bridgehead atoms. The number of aliphatic imine (C=N–C) groups is 1. The zero-order chi connectivity index (χ0) is 46.9. The second kappa shape index (κ2) is 20.6. The lowest BCUT2D eigenvalue weighted by molar-refractivity contribution is -0.148. The van der Waals surface area contributed by atoms with Crippen molar-refractivity contribution in [2.75, 3.05) is 18.8 Å². The maximum Gasteiger partial charge on any atom is 0.302 e. The van der Waals surface area contributed by atoms with Gasteiger partial charge in [-0.1, -0.05) is 90.4 Å². The highest BCUT2D eigenvalue weighted by atomic mass is 33.1. The van der Waals surface area contributed by atoms with Crippen LogP contribution < -0.4 is 15.8 Å². The topological polar surface area (TPSA) is 147 Å². The summed E-state index contributed by atoms with van der Waals surface area (Å²) in [4.78, 5) is 34.4. The molecule has 2 aromatic rings. The Kier molecular flexibility index (Phi) is 14.7. The van der Waals surface area contributed by atoms with Gasteiger partial charge in [-0.15, -0.1) is 0 Å². The van der Waals surface area contributed by atoms with Crippen LogP contribution in [0.2, 0.25) is 0 Å². The molecule has 3 heterocycles. The third-order valence-corrected chi connectivity index (χ3v) is 22.5. The van der Waals surface area contributed by atoms with Crippen molar-refractivity contribution >= 4 is 39.4 Å². The number of nitrogens with zero attached hydrogens (tertiary/aromatic N) is 2. The van der Waals surface area contributed by atoms with E-state index >= 15 is 0 Å². The molecule has 4 spiro atoms. The predicted octanol–water partition coefficient (Wildman–Crippen LogP) is 11.3. The van der Waals surface area contributed by atoms with Crippen LogP contribution in [0, 0.1) is 28.1 Å². The number of esters is 1. The minimum Gasteiger partial charge on any atom is -0.504 e. The average molecular weight is 969 g/mol. The van der Waals surface area contributed by atoms with Gasteiger partial charge in [0.05, 0.1) is 6.10 Å². The van der Waals surface area contributed by atoms with Gasteiger partial charge in [0.2, 0.25) is 5.91 Å². The van der Waals surface area contributed by atoms with Gasteiger partial charge in [0, 0.05) is 67.1 Å². The van der Waals surface area contributed by atoms with Gasteiger partial charge in [-0.2, -0.15) is 0 Å². The van der Waals surface area contributed by atoms with E-state index in [1.165, 1.54) is 83.1 Å². The molecule has 6 fully saturated rings. The minimum absolute atomic E-state index is 0.0707. The molecular formula is C56H80N4O6S2. The molecule has 0 unspecified atom stereocenters. The van der Waals surface area contributed by atoms with Gasteiger partial charge in [-0.05, 0) is 156 Å². The highest BCUT2D eigenvalue weighted by molar-refractivity contribution is 8.77. The van der Waals surface area contributed by atoms with Crippen molar-refractivity contribution in [3.05, 3.63) is 58.7 Å². The Bertz CT molecular complexity index is 2140. The average Bonchev–Trinajstić information content (AvgIpc) is 4.20. The normalized spacial score (nSPS) is 34.5. The molecule has 1 saturated heterocycles. The number of carbonyl (C=O) groups excluding carboxylic acids is 2. The Labute approximate surface area is 414 Å². The number of carbonyl (C=O) groups is 2. The summed E-state index contributed by atoms with van der Waals surface area (Å²) in [6.07, 6.45) is 25.7. The molecule has 1 amide bonds. The first kappa shape index (κ1) is 48.5. The highest BCUT2D eigenvalue weighted by Gasteiger charge is 2.58. The maximum absolute atomic E-state index is 14.7. The number of phenolic OH excluding ortho intramolecular Hbond substituents is 1. The van der Waals surface area contributed by atoms with E-state index in [1.807, 2.05) is 4.90 Å². The van der Waals surface area contributed by atoms with Crippen LogP contribution in [0.1, 0.15) is 189 Å². The van der Waals surface area contributed by atoms with Crippen molar-refractivity contribution in [2.24, 2.45) is 38.8 Å². The zero-order valence-corrected chi connectivity index (χ0v) is 42.6. The van der Waals surface area contributed by atoms with E-state index in [0.717, 1.165) is 81.1 Å². The second-order valence-corrected chi connectivity index (χ2v) is 25.7. The van der Waals surface area contributed by atoms with Crippen molar-refractivity contribution < 1.29 is 29.3 Å². The van der Waals surface area contributed by atoms with Crippen LogP contribution in [0.3, 0.4) is 0 Å². The van der Waals surface area contributed by atoms with Crippen LogP contribution in [-0.2, 0) is 33.7 Å². The van der Waals surface area contributed by atoms with E-state index in [0.29, 0.717) is 73.8 Å². The molecule has 2 aromatic carbocycles. The van der Waals surface area contributed by atoms with Gasteiger partial charge in [0.1, 0.15) is 17.1 Å². The number of phenols is 1. The summed E-state index contributed by atoms with van der Waals surface area (Å²) in [7, 11) is 4.16. The molecule has 8 aliphatic rings. The van der Waals surface area contributed by atoms with Gasteiger partial charge in [0.15, 0.2) is 17.5 Å². The van der Waals surface area contributed by atoms with Gasteiger partial charge in [-0.3, -0.25) is 14.6 Å². The molecule has 5 saturated carbocycles. The fourth-order valence-electron chi connectivity index (χ4n) is 15.5. The number of hydrogen-bond donors (Lipinski definition) is 4. The minimum atomic E-state index is -0.562. The van der Waals surface area contributed by atoms with Gasteiger partial charge < -0.3 is 35.6 Å². The largest absolute Gasteiger partial charge is 0.504 e. The van der Waals surface area contributed by atoms with Gasteiger partial charge >= 0.3 is 5.97 Å². The molecule has 372 valence electrons. The van der Waals surface area contributed by atoms with E-state index in [4.69, 9.17) is 20.2 Å². The SMILES string of the molecule is CC(=O)O[C@@H]1CCc2cc(c(O)c3c2CC[C@@H]2CCC[C@H]2O3)CN2C[C@@]3(CC2=O)[C@H](CC[C@H]3c2ccccc2)CN=C(N)N[C@@]2(CCCC23CCCC3)SSCC2(CCCC[C@H](O)C1)CCCC2. The second-order valence-electron chi connectivity index (χ2n) is 23.1. The number of hydrogen-bond acceptors (Lipinski definition) is 11. The van der Waals surface area contributed by atoms with Crippen molar-refractivity contribution in [1.29, 1.82) is 0 Å². The zero-order valence-electron chi connectivity index (χ0n) is 41.0. The summed E-state index contributed by atoms with van der Waals surface area (Å²) in [5, 5.41) is 27.8. The van der Waals surface area contributed by atoms with Crippen LogP contribution >= 0.6 is 21.6 Å². The third kappa shape index (κ3) is 9.79. The standard InChI is InChI=1S/C56H80N4O6S2/c1-38(61)65-45-21-18-41-31-42(50(64)51-46(41)22-19-40-15-11-17-48(40)66-51)35-60-36-55(33-49(60)63)43(20-23-47(55)39-13-3-2-4-14-39)34-58-52(57)59-56(30-12-29-54(56)27-9-10-28-54)68-67-37-53(25-7-8-26-53)24-6-5-16-44(62)32-45/h2-4,13-14,31,40,43-45,47-48,62,64H,5-12,15-30,32-37H2,1H3,(H3,57,58,59)/t40-,43+,44-,45+,47-,48+,55-,56-/m0/s1. The monoisotopic (exact) mass is 969 g/mol. The summed E-state index contributed by atoms with van der Waals surface area (Å²) in [5.74, 6) is 3.04. The Morgan fingerprint density at radius 3 is 2.44 bits per heavy atom. The van der Waals surface area contributed by atoms with E-state index in [-0.39, 0.29) is 57.8 Å². The van der Waals surface area contributed by atoms with E-state index in [9.17, 15) is 19.8 Å². The summed E-state index contributed by atoms with van der Waals surface area (Å²) < 4.78 is 12.8. The number of aryl methyl sites for hydroxylation is 1. The van der Waals surface area contributed by atoms with Gasteiger partial charge in [0.25, 0.3) is 0 Å². The van der Waals surface area contributed by atoms with E-state index in [2.05, 4.69) is 63.3 Å². The lowest BCUT2D eigenvalue weighted by atomic mass is 9.68. The number of rotatable bonds is 2. The Balaban J connectivity index is 0.995. The summed E-state index contributed by atoms with van der Waals surface area (Å²) in [5.41, 5.74) is 11.4. The first-order valence-electron chi connectivity index (χ1n) is 27.1. The highest BCUT2D eigenvalue weighted by Crippen LogP contribution is 2.64. The number of guanidine groups is 1. The number of aromatic hydroxyl groups is 1. The summed E-state index contributed by atoms with van der Waals surface area (Å²) >= 11 is 0. The molecule has 68 heavy (non-hydrogen) atoms. The summed E-state index contributed by atoms with van der Waals surface area (Å²) in [6, 6.07) is 12.9. The van der Waals surface area contributed by atoms with Crippen LogP contribution in [-0.4, -0.2) is 75.0 Å². The fraction of sp³-hybridized carbons (Fsp3) is 0.732. The Morgan fingerprint density at radius 2 is 1.65 bits per heavy atom. The molecule has 10 nitrogen and oxygen atoms in total. The van der Waals surface area contributed by atoms with E-state index < -0.39 is 12.2 Å². The molecule has 0 radical (unpaired) electrons. The number of fused-ring (bicyclic) bond motifs is 7. The smallest absolute Gasteiger partial charge is 0.302 e. The lowest BCUT2D eigenvalue weighted by Crippen LogP contribution is -2.55. The maximum atomic E-state index is 14.7. The first-order valence-corrected chi connectivity index (χ1v) is 29.4. The van der Waals surface area contributed by atoms with E-state index in [1.54, 1.807) is 0 Å². The molecular weight excluding hydrogens is 889 g/mol. The Hall–Kier alpha value is -3.09. The van der Waals surface area contributed by atoms with Crippen LogP contribution in [0.25, 0.3) is 0 Å². The number of benzene rings is 2. The van der Waals surface area contributed by atoms with Crippen molar-refractivity contribution in [3.8, 4) is 11.5 Å². The molecule has 0 aromatic heterocycles. The molecule has 5 aliphatic carbocycles. The number of nitrogens with one attached hydrogen (secondary N) is 1. The number of amides is 1. The lowest BCUT2D eigenvalue weighted by Gasteiger charge is -2.44. The van der Waals surface area contributed by atoms with Gasteiger partial charge in [-0.25, -0.2) is 0 Å². The molecule has 10 rings (SSSR count). The number of aliphatic hydroxyl groups excluding tert-OH is 1. The number of ether oxygens (including phenoxy) is 2. The fourth-order valence-corrected chi connectivity index (χ4v) is 19.8. The predicted molar refractivity (Wildman–Crippen MR) is 274 cm³/mol. The van der Waals surface area contributed by atoms with Crippen molar-refractivity contribution in [3.63, 3.8) is 0 Å². The molecule has 12 heteroatoms. The molecule has 3 aliphatic heterocycles. The van der Waals surface area contributed by atoms with Crippen LogP contribution in [0.4, 0.5) is 0 Å². The molecule has 5 N–H and O–H groups in total. The number of nitrogens with two attached hydrogens (primary N) is 1. The number of aliphatic hydroxyl groups is 1.